The maximum atomic E-state index is 12.3. The summed E-state index contributed by atoms with van der Waals surface area (Å²) in [5.41, 5.74) is -0.527. The van der Waals surface area contributed by atoms with E-state index in [1.54, 1.807) is 24.3 Å². The number of benzene rings is 1. The minimum atomic E-state index is -0.606. The Morgan fingerprint density at radius 3 is 2.58 bits per heavy atom. The number of fused-ring (bicyclic) bond motifs is 1. The molecule has 6 heteroatoms. The number of phenolic OH excluding ortho intramolecular Hbond substituents is 1. The van der Waals surface area contributed by atoms with Crippen LogP contribution in [0.4, 0.5) is 0 Å². The summed E-state index contributed by atoms with van der Waals surface area (Å²) in [5, 5.41) is 9.90. The Hall–Kier alpha value is -2.89. The summed E-state index contributed by atoms with van der Waals surface area (Å²) in [7, 11) is 0. The summed E-state index contributed by atoms with van der Waals surface area (Å²) in [5.74, 6) is -0.131. The molecule has 0 bridgehead atoms. The zero-order valence-electron chi connectivity index (χ0n) is 9.70. The third kappa shape index (κ3) is 1.70. The summed E-state index contributed by atoms with van der Waals surface area (Å²) in [6.07, 6.45) is 2.99. The van der Waals surface area contributed by atoms with Crippen molar-refractivity contribution in [2.45, 2.75) is 0 Å². The molecule has 0 unspecified atom stereocenters. The van der Waals surface area contributed by atoms with E-state index in [1.165, 1.54) is 18.5 Å². The number of aromatic hydroxyl groups is 1. The Bertz CT molecular complexity index is 866. The number of rotatable bonds is 1. The molecule has 3 rings (SSSR count). The topological polar surface area (TPSA) is 88.0 Å². The first-order chi connectivity index (χ1) is 9.18. The molecule has 0 amide bonds. The van der Waals surface area contributed by atoms with Crippen molar-refractivity contribution in [3.8, 4) is 11.4 Å². The highest BCUT2D eigenvalue weighted by Gasteiger charge is 2.11. The van der Waals surface area contributed by atoms with E-state index in [0.717, 1.165) is 4.57 Å². The molecule has 19 heavy (non-hydrogen) atoms. The van der Waals surface area contributed by atoms with Crippen LogP contribution >= 0.6 is 0 Å². The monoisotopic (exact) mass is 255 g/mol. The first kappa shape index (κ1) is 11.2. The predicted molar refractivity (Wildman–Crippen MR) is 69.6 cm³/mol. The SMILES string of the molecule is O=c1[nH]c2c(O)cccc2c(=O)n1-c1ccncc1. The molecule has 0 atom stereocenters. The van der Waals surface area contributed by atoms with Gasteiger partial charge in [0.25, 0.3) is 5.56 Å². The smallest absolute Gasteiger partial charge is 0.333 e. The lowest BCUT2D eigenvalue weighted by Gasteiger charge is -2.06. The summed E-state index contributed by atoms with van der Waals surface area (Å²) < 4.78 is 1.00. The molecule has 0 saturated heterocycles. The van der Waals surface area contributed by atoms with Crippen molar-refractivity contribution in [2.75, 3.05) is 0 Å². The second-order valence-corrected chi connectivity index (χ2v) is 3.98. The van der Waals surface area contributed by atoms with E-state index in [2.05, 4.69) is 9.97 Å². The molecule has 2 heterocycles. The van der Waals surface area contributed by atoms with Gasteiger partial charge in [0, 0.05) is 12.4 Å². The van der Waals surface area contributed by atoms with E-state index in [9.17, 15) is 14.7 Å². The molecule has 0 radical (unpaired) electrons. The number of pyridine rings is 1. The van der Waals surface area contributed by atoms with Crippen molar-refractivity contribution in [1.29, 1.82) is 0 Å². The fourth-order valence-corrected chi connectivity index (χ4v) is 1.95. The molecule has 0 aliphatic heterocycles. The zero-order valence-corrected chi connectivity index (χ0v) is 9.70. The van der Waals surface area contributed by atoms with Gasteiger partial charge in [-0.1, -0.05) is 6.07 Å². The van der Waals surface area contributed by atoms with Crippen LogP contribution in [0.15, 0.2) is 52.3 Å². The third-order valence-electron chi connectivity index (χ3n) is 2.83. The number of nitrogens with one attached hydrogen (secondary N) is 1. The highest BCUT2D eigenvalue weighted by atomic mass is 16.3. The fourth-order valence-electron chi connectivity index (χ4n) is 1.95. The van der Waals surface area contributed by atoms with Crippen LogP contribution in [0, 0.1) is 0 Å². The van der Waals surface area contributed by atoms with Crippen LogP contribution in [-0.4, -0.2) is 19.6 Å². The van der Waals surface area contributed by atoms with E-state index in [0.29, 0.717) is 5.69 Å². The van der Waals surface area contributed by atoms with Gasteiger partial charge in [-0.3, -0.25) is 9.78 Å². The second kappa shape index (κ2) is 4.09. The second-order valence-electron chi connectivity index (χ2n) is 3.98. The fraction of sp³-hybridized carbons (Fsp3) is 0. The number of H-pyrrole nitrogens is 1. The van der Waals surface area contributed by atoms with Gasteiger partial charge >= 0.3 is 5.69 Å². The number of aromatic nitrogens is 3. The van der Waals surface area contributed by atoms with Crippen LogP contribution in [0.5, 0.6) is 5.75 Å². The Morgan fingerprint density at radius 1 is 1.11 bits per heavy atom. The van der Waals surface area contributed by atoms with Crippen molar-refractivity contribution < 1.29 is 5.11 Å². The first-order valence-corrected chi connectivity index (χ1v) is 5.56. The quantitative estimate of drug-likeness (QED) is 0.672. The van der Waals surface area contributed by atoms with E-state index >= 15 is 0 Å². The lowest BCUT2D eigenvalue weighted by molar-refractivity contribution is 0.480. The molecule has 2 aromatic heterocycles. The van der Waals surface area contributed by atoms with Gasteiger partial charge in [-0.15, -0.1) is 0 Å². The van der Waals surface area contributed by atoms with Crippen molar-refractivity contribution in [3.05, 3.63) is 63.6 Å². The molecule has 0 saturated carbocycles. The molecule has 94 valence electrons. The van der Waals surface area contributed by atoms with Gasteiger partial charge < -0.3 is 10.1 Å². The van der Waals surface area contributed by atoms with Crippen LogP contribution in [0.1, 0.15) is 0 Å². The third-order valence-corrected chi connectivity index (χ3v) is 2.83. The summed E-state index contributed by atoms with van der Waals surface area (Å²) in [6.45, 7) is 0. The minimum absolute atomic E-state index is 0.131. The van der Waals surface area contributed by atoms with Crippen LogP contribution in [-0.2, 0) is 0 Å². The lowest BCUT2D eigenvalue weighted by Crippen LogP contribution is -2.33. The van der Waals surface area contributed by atoms with E-state index < -0.39 is 11.2 Å². The van der Waals surface area contributed by atoms with E-state index in [4.69, 9.17) is 0 Å². The average molecular weight is 255 g/mol. The Kier molecular flexibility index (Phi) is 2.42. The van der Waals surface area contributed by atoms with Crippen LogP contribution in [0.25, 0.3) is 16.6 Å². The number of hydrogen-bond donors (Lipinski definition) is 2. The van der Waals surface area contributed by atoms with Crippen LogP contribution < -0.4 is 11.2 Å². The first-order valence-electron chi connectivity index (χ1n) is 5.56. The molecule has 6 nitrogen and oxygen atoms in total. The van der Waals surface area contributed by atoms with Crippen molar-refractivity contribution in [2.24, 2.45) is 0 Å². The van der Waals surface area contributed by atoms with Gasteiger partial charge in [0.15, 0.2) is 0 Å². The van der Waals surface area contributed by atoms with Gasteiger partial charge in [-0.2, -0.15) is 0 Å². The molecule has 0 aliphatic carbocycles. The average Bonchev–Trinajstić information content (AvgIpc) is 2.41. The van der Waals surface area contributed by atoms with Gasteiger partial charge in [0.05, 0.1) is 16.6 Å². The van der Waals surface area contributed by atoms with Gasteiger partial charge in [-0.25, -0.2) is 9.36 Å². The number of aromatic amines is 1. The van der Waals surface area contributed by atoms with Crippen molar-refractivity contribution in [1.82, 2.24) is 14.5 Å². The number of phenols is 1. The lowest BCUT2D eigenvalue weighted by atomic mass is 10.2. The van der Waals surface area contributed by atoms with Gasteiger partial charge in [0.2, 0.25) is 0 Å². The summed E-state index contributed by atoms with van der Waals surface area (Å²) >= 11 is 0. The molecule has 2 N–H and O–H groups in total. The highest BCUT2D eigenvalue weighted by molar-refractivity contribution is 5.83. The van der Waals surface area contributed by atoms with Gasteiger partial charge in [-0.05, 0) is 24.3 Å². The molecular weight excluding hydrogens is 246 g/mol. The number of para-hydroxylation sites is 1. The maximum Gasteiger partial charge on any atom is 0.333 e. The van der Waals surface area contributed by atoms with Crippen molar-refractivity contribution >= 4 is 10.9 Å². The van der Waals surface area contributed by atoms with E-state index in [-0.39, 0.29) is 16.7 Å². The Balaban J connectivity index is 2.47. The van der Waals surface area contributed by atoms with Crippen molar-refractivity contribution in [3.63, 3.8) is 0 Å². The number of nitrogens with zero attached hydrogens (tertiary/aromatic N) is 2. The Labute approximate surface area is 106 Å². The van der Waals surface area contributed by atoms with E-state index in [1.807, 2.05) is 0 Å². The maximum absolute atomic E-state index is 12.3. The molecular formula is C13H9N3O3. The predicted octanol–water partition coefficient (Wildman–Crippen LogP) is 0.780. The summed E-state index contributed by atoms with van der Waals surface area (Å²) in [6, 6.07) is 7.63. The standard InChI is InChI=1S/C13H9N3O3/c17-10-3-1-2-9-11(10)15-13(19)16(12(9)18)8-4-6-14-7-5-8/h1-7,17H,(H,15,19). The summed E-state index contributed by atoms with van der Waals surface area (Å²) in [4.78, 5) is 30.6. The molecule has 0 aliphatic rings. The zero-order chi connectivity index (χ0) is 13.4. The molecule has 0 spiro atoms. The number of hydrogen-bond acceptors (Lipinski definition) is 4. The van der Waals surface area contributed by atoms with Crippen LogP contribution in [0.3, 0.4) is 0 Å². The Morgan fingerprint density at radius 2 is 1.84 bits per heavy atom. The molecule has 3 aromatic rings. The largest absolute Gasteiger partial charge is 0.506 e. The van der Waals surface area contributed by atoms with Crippen LogP contribution in [0.2, 0.25) is 0 Å². The minimum Gasteiger partial charge on any atom is -0.506 e. The molecule has 0 fully saturated rings. The highest BCUT2D eigenvalue weighted by Crippen LogP contribution is 2.18. The normalized spacial score (nSPS) is 10.7. The van der Waals surface area contributed by atoms with Gasteiger partial charge in [0.1, 0.15) is 5.75 Å². The molecule has 1 aromatic carbocycles.